The summed E-state index contributed by atoms with van der Waals surface area (Å²) in [4.78, 5) is 15.1. The SMILES string of the molecule is CC(C)(C)C1=NC=CC(=O)C1. The van der Waals surface area contributed by atoms with E-state index in [2.05, 4.69) is 25.8 Å². The van der Waals surface area contributed by atoms with Gasteiger partial charge in [0.1, 0.15) is 0 Å². The van der Waals surface area contributed by atoms with Gasteiger partial charge in [0.15, 0.2) is 5.78 Å². The molecule has 0 atom stereocenters. The third-order valence-corrected chi connectivity index (χ3v) is 1.70. The number of hydrogen-bond acceptors (Lipinski definition) is 2. The minimum Gasteiger partial charge on any atom is -0.294 e. The molecule has 0 aromatic rings. The lowest BCUT2D eigenvalue weighted by Gasteiger charge is -2.21. The highest BCUT2D eigenvalue weighted by molar-refractivity contribution is 6.10. The van der Waals surface area contributed by atoms with Crippen LogP contribution >= 0.6 is 0 Å². The first-order valence-corrected chi connectivity index (χ1v) is 3.77. The Labute approximate surface area is 67.0 Å². The molecule has 0 unspecified atom stereocenters. The molecular formula is C9H13NO. The van der Waals surface area contributed by atoms with Crippen molar-refractivity contribution in [3.63, 3.8) is 0 Å². The van der Waals surface area contributed by atoms with E-state index in [-0.39, 0.29) is 11.2 Å². The summed E-state index contributed by atoms with van der Waals surface area (Å²) in [5.74, 6) is 0.157. The molecule has 0 radical (unpaired) electrons. The highest BCUT2D eigenvalue weighted by atomic mass is 16.1. The van der Waals surface area contributed by atoms with E-state index >= 15 is 0 Å². The molecule has 0 N–H and O–H groups in total. The number of carbonyl (C=O) groups is 1. The summed E-state index contributed by atoms with van der Waals surface area (Å²) in [6, 6.07) is 0. The van der Waals surface area contributed by atoms with Crippen molar-refractivity contribution >= 4 is 11.5 Å². The van der Waals surface area contributed by atoms with E-state index in [4.69, 9.17) is 0 Å². The Kier molecular flexibility index (Phi) is 1.94. The number of ketones is 1. The molecule has 0 bridgehead atoms. The zero-order valence-corrected chi connectivity index (χ0v) is 7.22. The topological polar surface area (TPSA) is 29.4 Å². The van der Waals surface area contributed by atoms with Crippen molar-refractivity contribution < 1.29 is 4.79 Å². The van der Waals surface area contributed by atoms with Crippen LogP contribution in [-0.2, 0) is 4.79 Å². The predicted molar refractivity (Wildman–Crippen MR) is 45.7 cm³/mol. The van der Waals surface area contributed by atoms with Crippen LogP contribution in [0, 0.1) is 5.41 Å². The number of nitrogens with zero attached hydrogens (tertiary/aromatic N) is 1. The van der Waals surface area contributed by atoms with E-state index in [0.717, 1.165) is 5.71 Å². The maximum Gasteiger partial charge on any atom is 0.162 e. The monoisotopic (exact) mass is 151 g/mol. The lowest BCUT2D eigenvalue weighted by molar-refractivity contribution is -0.113. The van der Waals surface area contributed by atoms with Gasteiger partial charge < -0.3 is 0 Å². The Morgan fingerprint density at radius 1 is 1.45 bits per heavy atom. The van der Waals surface area contributed by atoms with Gasteiger partial charge in [-0.2, -0.15) is 0 Å². The fraction of sp³-hybridized carbons (Fsp3) is 0.556. The number of hydrogen-bond donors (Lipinski definition) is 0. The van der Waals surface area contributed by atoms with Crippen LogP contribution in [0.25, 0.3) is 0 Å². The molecule has 2 heteroatoms. The Hall–Kier alpha value is -0.920. The molecule has 1 aliphatic rings. The summed E-state index contributed by atoms with van der Waals surface area (Å²) >= 11 is 0. The lowest BCUT2D eigenvalue weighted by atomic mass is 9.86. The zero-order chi connectivity index (χ0) is 8.48. The molecule has 0 saturated heterocycles. The lowest BCUT2D eigenvalue weighted by Crippen LogP contribution is -2.24. The van der Waals surface area contributed by atoms with E-state index in [1.165, 1.54) is 6.08 Å². The molecule has 0 saturated carbocycles. The zero-order valence-electron chi connectivity index (χ0n) is 7.22. The molecule has 0 spiro atoms. The summed E-state index contributed by atoms with van der Waals surface area (Å²) in [7, 11) is 0. The quantitative estimate of drug-likeness (QED) is 0.520. The van der Waals surface area contributed by atoms with Gasteiger partial charge in [-0.25, -0.2) is 0 Å². The van der Waals surface area contributed by atoms with E-state index in [1.54, 1.807) is 6.20 Å². The van der Waals surface area contributed by atoms with E-state index in [0.29, 0.717) is 6.42 Å². The molecular weight excluding hydrogens is 138 g/mol. The van der Waals surface area contributed by atoms with Crippen LogP contribution < -0.4 is 0 Å². The van der Waals surface area contributed by atoms with Gasteiger partial charge >= 0.3 is 0 Å². The molecule has 11 heavy (non-hydrogen) atoms. The minimum atomic E-state index is 0.0282. The highest BCUT2D eigenvalue weighted by Crippen LogP contribution is 2.20. The summed E-state index contributed by atoms with van der Waals surface area (Å²) < 4.78 is 0. The van der Waals surface area contributed by atoms with Gasteiger partial charge in [0, 0.05) is 23.7 Å². The summed E-state index contributed by atoms with van der Waals surface area (Å²) in [5.41, 5.74) is 1.01. The molecule has 1 heterocycles. The summed E-state index contributed by atoms with van der Waals surface area (Å²) in [6.45, 7) is 6.20. The average Bonchev–Trinajstić information content (AvgIpc) is 1.86. The Bertz CT molecular complexity index is 230. The van der Waals surface area contributed by atoms with Crippen LogP contribution in [0.1, 0.15) is 27.2 Å². The average molecular weight is 151 g/mol. The van der Waals surface area contributed by atoms with E-state index in [9.17, 15) is 4.79 Å². The third kappa shape index (κ3) is 2.00. The van der Waals surface area contributed by atoms with Crippen molar-refractivity contribution in [1.82, 2.24) is 0 Å². The van der Waals surface area contributed by atoms with Crippen LogP contribution in [0.2, 0.25) is 0 Å². The van der Waals surface area contributed by atoms with Crippen molar-refractivity contribution in [2.75, 3.05) is 0 Å². The van der Waals surface area contributed by atoms with Crippen molar-refractivity contribution in [2.45, 2.75) is 27.2 Å². The standard InChI is InChI=1S/C9H13NO/c1-9(2,3)8-6-7(11)4-5-10-8/h4-5H,6H2,1-3H3. The first-order chi connectivity index (χ1) is 5.00. The van der Waals surface area contributed by atoms with Crippen LogP contribution in [0.15, 0.2) is 17.3 Å². The molecule has 1 rings (SSSR count). The van der Waals surface area contributed by atoms with Gasteiger partial charge in [-0.05, 0) is 6.08 Å². The fourth-order valence-electron chi connectivity index (χ4n) is 0.939. The Morgan fingerprint density at radius 2 is 2.09 bits per heavy atom. The third-order valence-electron chi connectivity index (χ3n) is 1.70. The maximum absolute atomic E-state index is 11.0. The van der Waals surface area contributed by atoms with Crippen molar-refractivity contribution in [3.8, 4) is 0 Å². The summed E-state index contributed by atoms with van der Waals surface area (Å²) in [5, 5.41) is 0. The smallest absolute Gasteiger partial charge is 0.162 e. The predicted octanol–water partition coefficient (Wildman–Crippen LogP) is 1.96. The first kappa shape index (κ1) is 8.18. The Balaban J connectivity index is 2.83. The molecule has 2 nitrogen and oxygen atoms in total. The van der Waals surface area contributed by atoms with Gasteiger partial charge in [0.05, 0.1) is 0 Å². The molecule has 0 aromatic carbocycles. The van der Waals surface area contributed by atoms with Crippen molar-refractivity contribution in [1.29, 1.82) is 0 Å². The number of carbonyl (C=O) groups excluding carboxylic acids is 1. The van der Waals surface area contributed by atoms with Gasteiger partial charge in [-0.15, -0.1) is 0 Å². The van der Waals surface area contributed by atoms with Crippen molar-refractivity contribution in [3.05, 3.63) is 12.3 Å². The highest BCUT2D eigenvalue weighted by Gasteiger charge is 2.21. The van der Waals surface area contributed by atoms with Gasteiger partial charge in [-0.3, -0.25) is 9.79 Å². The van der Waals surface area contributed by atoms with Crippen LogP contribution in [-0.4, -0.2) is 11.5 Å². The number of aliphatic imine (C=N–C) groups is 1. The second-order valence-electron chi connectivity index (χ2n) is 3.78. The number of allylic oxidation sites excluding steroid dienone is 1. The van der Waals surface area contributed by atoms with Gasteiger partial charge in [0.2, 0.25) is 0 Å². The van der Waals surface area contributed by atoms with Crippen molar-refractivity contribution in [2.24, 2.45) is 10.4 Å². The second kappa shape index (κ2) is 2.61. The second-order valence-corrected chi connectivity index (χ2v) is 3.78. The molecule has 0 aliphatic carbocycles. The van der Waals surface area contributed by atoms with Crippen LogP contribution in [0.3, 0.4) is 0 Å². The van der Waals surface area contributed by atoms with Crippen LogP contribution in [0.5, 0.6) is 0 Å². The van der Waals surface area contributed by atoms with E-state index < -0.39 is 0 Å². The minimum absolute atomic E-state index is 0.0282. The first-order valence-electron chi connectivity index (χ1n) is 3.77. The molecule has 60 valence electrons. The molecule has 0 fully saturated rings. The van der Waals surface area contributed by atoms with Gasteiger partial charge in [-0.1, -0.05) is 20.8 Å². The Morgan fingerprint density at radius 3 is 2.45 bits per heavy atom. The molecule has 0 aromatic heterocycles. The van der Waals surface area contributed by atoms with E-state index in [1.807, 2.05) is 0 Å². The maximum atomic E-state index is 11.0. The van der Waals surface area contributed by atoms with Crippen LogP contribution in [0.4, 0.5) is 0 Å². The molecule has 1 aliphatic heterocycles. The number of rotatable bonds is 0. The van der Waals surface area contributed by atoms with Gasteiger partial charge in [0.25, 0.3) is 0 Å². The normalized spacial score (nSPS) is 18.5. The largest absolute Gasteiger partial charge is 0.294 e. The molecule has 0 amide bonds. The summed E-state index contributed by atoms with van der Waals surface area (Å²) in [6.07, 6.45) is 3.60. The fourth-order valence-corrected chi connectivity index (χ4v) is 0.939.